The van der Waals surface area contributed by atoms with Gasteiger partial charge in [0.2, 0.25) is 5.13 Å². The normalized spacial score (nSPS) is 10.5. The summed E-state index contributed by atoms with van der Waals surface area (Å²) in [7, 11) is 0. The van der Waals surface area contributed by atoms with Gasteiger partial charge in [-0.2, -0.15) is 0 Å². The van der Waals surface area contributed by atoms with Crippen LogP contribution in [0.15, 0.2) is 24.4 Å². The molecular weight excluding hydrogens is 252 g/mol. The molecule has 0 unspecified atom stereocenters. The number of nitrogens with one attached hydrogen (secondary N) is 1. The van der Waals surface area contributed by atoms with Crippen molar-refractivity contribution >= 4 is 16.5 Å². The van der Waals surface area contributed by atoms with E-state index in [4.69, 9.17) is 9.84 Å². The second kappa shape index (κ2) is 7.00. The molecule has 2 heterocycles. The Balaban J connectivity index is 1.83. The van der Waals surface area contributed by atoms with Crippen LogP contribution in [0.4, 0.5) is 5.13 Å². The summed E-state index contributed by atoms with van der Waals surface area (Å²) in [5.41, 5.74) is 0.819. The van der Waals surface area contributed by atoms with E-state index < -0.39 is 0 Å². The number of anilines is 1. The first kappa shape index (κ1) is 12.9. The first-order valence-corrected chi connectivity index (χ1v) is 6.39. The average molecular weight is 266 g/mol. The quantitative estimate of drug-likeness (QED) is 0.728. The Kier molecular flexibility index (Phi) is 5.00. The second-order valence-corrected chi connectivity index (χ2v) is 4.37. The van der Waals surface area contributed by atoms with Crippen LogP contribution in [0.1, 0.15) is 0 Å². The number of aliphatic hydroxyl groups excluding tert-OH is 1. The fourth-order valence-electron chi connectivity index (χ4n) is 1.28. The standard InChI is InChI=1S/C11H14N4O2S/c16-6-8-17-7-5-13-11-15-14-10(18-11)9-3-1-2-4-12-9/h1-4,16H,5-8H2,(H,13,15). The summed E-state index contributed by atoms with van der Waals surface area (Å²) in [5, 5.41) is 21.3. The average Bonchev–Trinajstić information content (AvgIpc) is 2.88. The molecule has 0 aromatic carbocycles. The number of hydrogen-bond donors (Lipinski definition) is 2. The van der Waals surface area contributed by atoms with Crippen LogP contribution in [-0.4, -0.2) is 46.7 Å². The largest absolute Gasteiger partial charge is 0.394 e. The summed E-state index contributed by atoms with van der Waals surface area (Å²) >= 11 is 1.45. The molecule has 0 atom stereocenters. The van der Waals surface area contributed by atoms with E-state index in [0.717, 1.165) is 15.8 Å². The van der Waals surface area contributed by atoms with Gasteiger partial charge in [0.1, 0.15) is 5.69 Å². The minimum absolute atomic E-state index is 0.0443. The van der Waals surface area contributed by atoms with E-state index in [1.54, 1.807) is 6.20 Å². The maximum absolute atomic E-state index is 8.54. The van der Waals surface area contributed by atoms with Crippen molar-refractivity contribution in [1.29, 1.82) is 0 Å². The summed E-state index contributed by atoms with van der Waals surface area (Å²) < 4.78 is 5.13. The molecule has 0 radical (unpaired) electrons. The van der Waals surface area contributed by atoms with Gasteiger partial charge in [-0.3, -0.25) is 4.98 Å². The lowest BCUT2D eigenvalue weighted by molar-refractivity contribution is 0.0992. The molecule has 6 nitrogen and oxygen atoms in total. The fraction of sp³-hybridized carbons (Fsp3) is 0.364. The third-order valence-electron chi connectivity index (χ3n) is 2.07. The smallest absolute Gasteiger partial charge is 0.206 e. The molecule has 2 N–H and O–H groups in total. The highest BCUT2D eigenvalue weighted by Gasteiger charge is 2.06. The Morgan fingerprint density at radius 2 is 2.22 bits per heavy atom. The zero-order valence-corrected chi connectivity index (χ0v) is 10.6. The molecule has 0 amide bonds. The summed E-state index contributed by atoms with van der Waals surface area (Å²) in [4.78, 5) is 4.21. The van der Waals surface area contributed by atoms with Gasteiger partial charge < -0.3 is 15.2 Å². The van der Waals surface area contributed by atoms with Gasteiger partial charge in [-0.1, -0.05) is 17.4 Å². The van der Waals surface area contributed by atoms with Crippen molar-refractivity contribution in [2.45, 2.75) is 0 Å². The molecule has 0 bridgehead atoms. The zero-order chi connectivity index (χ0) is 12.6. The molecule has 18 heavy (non-hydrogen) atoms. The lowest BCUT2D eigenvalue weighted by Gasteiger charge is -2.02. The van der Waals surface area contributed by atoms with Gasteiger partial charge in [0.25, 0.3) is 0 Å². The zero-order valence-electron chi connectivity index (χ0n) is 9.74. The van der Waals surface area contributed by atoms with Crippen LogP contribution in [0.2, 0.25) is 0 Å². The van der Waals surface area contributed by atoms with Gasteiger partial charge in [0.15, 0.2) is 5.01 Å². The molecule has 96 valence electrons. The van der Waals surface area contributed by atoms with Crippen molar-refractivity contribution in [1.82, 2.24) is 15.2 Å². The van der Waals surface area contributed by atoms with Crippen LogP contribution >= 0.6 is 11.3 Å². The van der Waals surface area contributed by atoms with Crippen molar-refractivity contribution in [3.8, 4) is 10.7 Å². The van der Waals surface area contributed by atoms with Gasteiger partial charge >= 0.3 is 0 Å². The van der Waals surface area contributed by atoms with Crippen molar-refractivity contribution in [3.05, 3.63) is 24.4 Å². The lowest BCUT2D eigenvalue weighted by atomic mass is 10.4. The van der Waals surface area contributed by atoms with E-state index in [-0.39, 0.29) is 6.61 Å². The first-order valence-electron chi connectivity index (χ1n) is 5.57. The van der Waals surface area contributed by atoms with Crippen molar-refractivity contribution in [3.63, 3.8) is 0 Å². The molecule has 0 aliphatic rings. The van der Waals surface area contributed by atoms with Crippen LogP contribution < -0.4 is 5.32 Å². The minimum atomic E-state index is 0.0443. The topological polar surface area (TPSA) is 80.2 Å². The number of pyridine rings is 1. The van der Waals surface area contributed by atoms with E-state index in [1.165, 1.54) is 11.3 Å². The number of nitrogens with zero attached hydrogens (tertiary/aromatic N) is 3. The summed E-state index contributed by atoms with van der Waals surface area (Å²) in [6.45, 7) is 1.57. The Morgan fingerprint density at radius 3 is 3.00 bits per heavy atom. The number of ether oxygens (including phenoxy) is 1. The highest BCUT2D eigenvalue weighted by molar-refractivity contribution is 7.18. The monoisotopic (exact) mass is 266 g/mol. The summed E-state index contributed by atoms with van der Waals surface area (Å²) in [6.07, 6.45) is 1.73. The van der Waals surface area contributed by atoms with Crippen LogP contribution in [0.5, 0.6) is 0 Å². The maximum Gasteiger partial charge on any atom is 0.206 e. The van der Waals surface area contributed by atoms with E-state index in [9.17, 15) is 0 Å². The Morgan fingerprint density at radius 1 is 1.28 bits per heavy atom. The molecule has 2 aromatic rings. The van der Waals surface area contributed by atoms with Gasteiger partial charge in [-0.15, -0.1) is 10.2 Å². The van der Waals surface area contributed by atoms with Gasteiger partial charge in [-0.05, 0) is 12.1 Å². The van der Waals surface area contributed by atoms with Crippen LogP contribution in [0.3, 0.4) is 0 Å². The summed E-state index contributed by atoms with van der Waals surface area (Å²) in [5.74, 6) is 0. The fourth-order valence-corrected chi connectivity index (χ4v) is 2.03. The Labute approximate surface area is 109 Å². The first-order chi connectivity index (χ1) is 8.90. The van der Waals surface area contributed by atoms with E-state index >= 15 is 0 Å². The number of hydrogen-bond acceptors (Lipinski definition) is 7. The Bertz CT molecular complexity index is 463. The molecule has 0 saturated heterocycles. The highest BCUT2D eigenvalue weighted by Crippen LogP contribution is 2.23. The van der Waals surface area contributed by atoms with Gasteiger partial charge in [-0.25, -0.2) is 0 Å². The molecule has 0 saturated carbocycles. The van der Waals surface area contributed by atoms with Gasteiger partial charge in [0.05, 0.1) is 19.8 Å². The SMILES string of the molecule is OCCOCCNc1nnc(-c2ccccn2)s1. The lowest BCUT2D eigenvalue weighted by Crippen LogP contribution is -2.11. The van der Waals surface area contributed by atoms with Gasteiger partial charge in [0, 0.05) is 12.7 Å². The number of rotatable bonds is 7. The van der Waals surface area contributed by atoms with Crippen LogP contribution in [0, 0.1) is 0 Å². The molecular formula is C11H14N4O2S. The Hall–Kier alpha value is -1.57. The predicted octanol–water partition coefficient (Wildman–Crippen LogP) is 1.02. The highest BCUT2D eigenvalue weighted by atomic mass is 32.1. The molecule has 0 spiro atoms. The van der Waals surface area contributed by atoms with E-state index in [2.05, 4.69) is 20.5 Å². The molecule has 2 rings (SSSR count). The van der Waals surface area contributed by atoms with E-state index in [0.29, 0.717) is 19.8 Å². The number of aliphatic hydroxyl groups is 1. The van der Waals surface area contributed by atoms with E-state index in [1.807, 2.05) is 18.2 Å². The molecule has 0 aliphatic heterocycles. The molecule has 0 fully saturated rings. The summed E-state index contributed by atoms with van der Waals surface area (Å²) in [6, 6.07) is 5.68. The third kappa shape index (κ3) is 3.73. The van der Waals surface area contributed by atoms with Crippen LogP contribution in [-0.2, 0) is 4.74 Å². The second-order valence-electron chi connectivity index (χ2n) is 3.39. The van der Waals surface area contributed by atoms with Crippen molar-refractivity contribution in [2.75, 3.05) is 31.7 Å². The predicted molar refractivity (Wildman–Crippen MR) is 69.5 cm³/mol. The maximum atomic E-state index is 8.54. The number of aromatic nitrogens is 3. The minimum Gasteiger partial charge on any atom is -0.394 e. The third-order valence-corrected chi connectivity index (χ3v) is 2.97. The molecule has 2 aromatic heterocycles. The molecule has 0 aliphatic carbocycles. The molecule has 7 heteroatoms. The van der Waals surface area contributed by atoms with Crippen molar-refractivity contribution < 1.29 is 9.84 Å². The van der Waals surface area contributed by atoms with Crippen LogP contribution in [0.25, 0.3) is 10.7 Å². The van der Waals surface area contributed by atoms with Crippen molar-refractivity contribution in [2.24, 2.45) is 0 Å².